The summed E-state index contributed by atoms with van der Waals surface area (Å²) in [6.07, 6.45) is 5.16. The molecule has 1 saturated carbocycles. The molecule has 0 unspecified atom stereocenters. The number of nitrogens with zero attached hydrogens (tertiary/aromatic N) is 1. The Hall–Kier alpha value is -2.25. The van der Waals surface area contributed by atoms with Crippen molar-refractivity contribution in [1.82, 2.24) is 5.32 Å². The van der Waals surface area contributed by atoms with Gasteiger partial charge in [-0.2, -0.15) is 0 Å². The van der Waals surface area contributed by atoms with Gasteiger partial charge in [-0.25, -0.2) is 8.42 Å². The lowest BCUT2D eigenvalue weighted by molar-refractivity contribution is -0.120. The topological polar surface area (TPSA) is 75.7 Å². The summed E-state index contributed by atoms with van der Waals surface area (Å²) in [5.74, 6) is 0.101. The molecule has 1 aliphatic rings. The molecule has 0 heterocycles. The van der Waals surface area contributed by atoms with E-state index in [0.717, 1.165) is 35.6 Å². The van der Waals surface area contributed by atoms with E-state index < -0.39 is 10.0 Å². The number of aryl methyl sites for hydroxylation is 1. The van der Waals surface area contributed by atoms with Crippen LogP contribution in [0.1, 0.15) is 37.7 Å². The van der Waals surface area contributed by atoms with Crippen molar-refractivity contribution in [2.45, 2.75) is 50.0 Å². The van der Waals surface area contributed by atoms with Crippen LogP contribution in [0.4, 0.5) is 5.69 Å². The number of hydrogen-bond donors (Lipinski definition) is 1. The molecule has 0 aromatic heterocycles. The normalized spacial score (nSPS) is 14.9. The van der Waals surface area contributed by atoms with Crippen LogP contribution in [0.25, 0.3) is 0 Å². The molecule has 8 heteroatoms. The molecule has 1 amide bonds. The number of methoxy groups -OCH3 is 1. The Morgan fingerprint density at radius 1 is 1.13 bits per heavy atom. The Morgan fingerprint density at radius 3 is 2.40 bits per heavy atom. The maximum atomic E-state index is 13.4. The van der Waals surface area contributed by atoms with Gasteiger partial charge in [0.15, 0.2) is 0 Å². The van der Waals surface area contributed by atoms with Gasteiger partial charge in [-0.3, -0.25) is 9.10 Å². The fourth-order valence-electron chi connectivity index (χ4n) is 3.61. The monoisotopic (exact) mass is 450 g/mol. The first kappa shape index (κ1) is 22.4. The van der Waals surface area contributed by atoms with E-state index in [-0.39, 0.29) is 28.4 Å². The summed E-state index contributed by atoms with van der Waals surface area (Å²) in [7, 11) is -2.48. The number of nitrogens with one attached hydrogen (secondary N) is 1. The SMILES string of the molecule is COc1ccc(N(CC(=O)NC2CCCCC2)S(=O)(=O)c2ccc(C)cc2)cc1Cl. The molecule has 0 atom stereocenters. The van der Waals surface area contributed by atoms with Crippen LogP contribution in [0.2, 0.25) is 5.02 Å². The number of sulfonamides is 1. The van der Waals surface area contributed by atoms with Crippen LogP contribution in [-0.2, 0) is 14.8 Å². The van der Waals surface area contributed by atoms with E-state index in [1.165, 1.54) is 19.6 Å². The van der Waals surface area contributed by atoms with Crippen LogP contribution in [-0.4, -0.2) is 34.0 Å². The number of hydrogen-bond acceptors (Lipinski definition) is 4. The highest BCUT2D eigenvalue weighted by Crippen LogP contribution is 2.32. The van der Waals surface area contributed by atoms with Gasteiger partial charge in [0, 0.05) is 6.04 Å². The molecule has 1 fully saturated rings. The molecule has 0 spiro atoms. The van der Waals surface area contributed by atoms with Gasteiger partial charge in [0.25, 0.3) is 10.0 Å². The van der Waals surface area contributed by atoms with Gasteiger partial charge in [-0.05, 0) is 50.1 Å². The predicted octanol–water partition coefficient (Wildman–Crippen LogP) is 4.30. The first-order chi connectivity index (χ1) is 14.3. The van der Waals surface area contributed by atoms with Crippen molar-refractivity contribution in [3.63, 3.8) is 0 Å². The summed E-state index contributed by atoms with van der Waals surface area (Å²) in [5.41, 5.74) is 1.25. The van der Waals surface area contributed by atoms with E-state index in [0.29, 0.717) is 11.4 Å². The molecule has 1 N–H and O–H groups in total. The first-order valence-electron chi connectivity index (χ1n) is 10.0. The van der Waals surface area contributed by atoms with Gasteiger partial charge in [-0.15, -0.1) is 0 Å². The number of anilines is 1. The minimum absolute atomic E-state index is 0.0923. The second-order valence-corrected chi connectivity index (χ2v) is 9.82. The third-order valence-electron chi connectivity index (χ3n) is 5.29. The fraction of sp³-hybridized carbons (Fsp3) is 0.409. The largest absolute Gasteiger partial charge is 0.495 e. The molecule has 3 rings (SSSR count). The molecular weight excluding hydrogens is 424 g/mol. The lowest BCUT2D eigenvalue weighted by atomic mass is 9.95. The molecule has 2 aromatic carbocycles. The van der Waals surface area contributed by atoms with Crippen LogP contribution in [0.3, 0.4) is 0 Å². The Labute approximate surface area is 183 Å². The Morgan fingerprint density at radius 2 is 1.80 bits per heavy atom. The number of carbonyl (C=O) groups is 1. The lowest BCUT2D eigenvalue weighted by Gasteiger charge is -2.27. The number of rotatable bonds is 7. The van der Waals surface area contributed by atoms with E-state index >= 15 is 0 Å². The molecular formula is C22H27ClN2O4S. The van der Waals surface area contributed by atoms with Crippen LogP contribution in [0.5, 0.6) is 5.75 Å². The summed E-state index contributed by atoms with van der Waals surface area (Å²) >= 11 is 6.24. The summed E-state index contributed by atoms with van der Waals surface area (Å²) in [4.78, 5) is 12.9. The smallest absolute Gasteiger partial charge is 0.264 e. The van der Waals surface area contributed by atoms with E-state index in [1.807, 2.05) is 6.92 Å². The van der Waals surface area contributed by atoms with E-state index in [1.54, 1.807) is 36.4 Å². The average molecular weight is 451 g/mol. The molecule has 0 saturated heterocycles. The number of ether oxygens (including phenoxy) is 1. The fourth-order valence-corrected chi connectivity index (χ4v) is 5.28. The van der Waals surface area contributed by atoms with Gasteiger partial charge in [0.1, 0.15) is 12.3 Å². The summed E-state index contributed by atoms with van der Waals surface area (Å²) in [6.45, 7) is 1.56. The Kier molecular flexibility index (Phi) is 7.26. The number of carbonyl (C=O) groups excluding carboxylic acids is 1. The summed E-state index contributed by atoms with van der Waals surface area (Å²) in [5, 5.41) is 3.26. The molecule has 162 valence electrons. The lowest BCUT2D eigenvalue weighted by Crippen LogP contribution is -2.44. The van der Waals surface area contributed by atoms with Gasteiger partial charge in [0.2, 0.25) is 5.91 Å². The molecule has 6 nitrogen and oxygen atoms in total. The minimum Gasteiger partial charge on any atom is -0.495 e. The van der Waals surface area contributed by atoms with Gasteiger partial charge < -0.3 is 10.1 Å². The molecule has 0 radical (unpaired) electrons. The van der Waals surface area contributed by atoms with Crippen molar-refractivity contribution in [2.24, 2.45) is 0 Å². The van der Waals surface area contributed by atoms with Gasteiger partial charge in [0.05, 0.1) is 22.7 Å². The van der Waals surface area contributed by atoms with Crippen molar-refractivity contribution in [2.75, 3.05) is 18.0 Å². The van der Waals surface area contributed by atoms with Crippen molar-refractivity contribution in [3.05, 3.63) is 53.1 Å². The summed E-state index contributed by atoms with van der Waals surface area (Å²) in [6, 6.07) is 11.3. The van der Waals surface area contributed by atoms with Crippen LogP contribution < -0.4 is 14.4 Å². The number of benzene rings is 2. The van der Waals surface area contributed by atoms with Crippen LogP contribution in [0, 0.1) is 6.92 Å². The first-order valence-corrected chi connectivity index (χ1v) is 11.9. The zero-order valence-corrected chi connectivity index (χ0v) is 18.8. The Balaban J connectivity index is 1.92. The third-order valence-corrected chi connectivity index (χ3v) is 7.37. The van der Waals surface area contributed by atoms with Crippen molar-refractivity contribution >= 4 is 33.2 Å². The second-order valence-electron chi connectivity index (χ2n) is 7.55. The van der Waals surface area contributed by atoms with Gasteiger partial charge in [-0.1, -0.05) is 48.6 Å². The maximum absolute atomic E-state index is 13.4. The minimum atomic E-state index is -3.97. The molecule has 0 bridgehead atoms. The Bertz CT molecular complexity index is 987. The molecule has 2 aromatic rings. The van der Waals surface area contributed by atoms with E-state index in [2.05, 4.69) is 5.32 Å². The van der Waals surface area contributed by atoms with Crippen LogP contribution >= 0.6 is 11.6 Å². The highest BCUT2D eigenvalue weighted by molar-refractivity contribution is 7.92. The van der Waals surface area contributed by atoms with Crippen molar-refractivity contribution in [3.8, 4) is 5.75 Å². The quantitative estimate of drug-likeness (QED) is 0.682. The molecule has 1 aliphatic carbocycles. The number of halogens is 1. The second kappa shape index (κ2) is 9.71. The van der Waals surface area contributed by atoms with Crippen molar-refractivity contribution in [1.29, 1.82) is 0 Å². The zero-order valence-electron chi connectivity index (χ0n) is 17.2. The summed E-state index contributed by atoms with van der Waals surface area (Å²) < 4.78 is 33.1. The van der Waals surface area contributed by atoms with E-state index in [4.69, 9.17) is 16.3 Å². The highest BCUT2D eigenvalue weighted by atomic mass is 35.5. The van der Waals surface area contributed by atoms with Crippen molar-refractivity contribution < 1.29 is 17.9 Å². The highest BCUT2D eigenvalue weighted by Gasteiger charge is 2.28. The average Bonchev–Trinajstić information content (AvgIpc) is 2.73. The zero-order chi connectivity index (χ0) is 21.7. The number of amides is 1. The third kappa shape index (κ3) is 5.26. The van der Waals surface area contributed by atoms with E-state index in [9.17, 15) is 13.2 Å². The predicted molar refractivity (Wildman–Crippen MR) is 119 cm³/mol. The molecule has 0 aliphatic heterocycles. The standard InChI is InChI=1S/C22H27ClN2O4S/c1-16-8-11-19(12-9-16)30(27,28)25(18-10-13-21(29-2)20(23)14-18)15-22(26)24-17-6-4-3-5-7-17/h8-14,17H,3-7,15H2,1-2H3,(H,24,26). The maximum Gasteiger partial charge on any atom is 0.264 e. The van der Waals surface area contributed by atoms with Crippen LogP contribution in [0.15, 0.2) is 47.4 Å². The molecule has 30 heavy (non-hydrogen) atoms. The van der Waals surface area contributed by atoms with Gasteiger partial charge >= 0.3 is 0 Å².